The van der Waals surface area contributed by atoms with E-state index in [1.54, 1.807) is 0 Å². The number of hydrogen-bond donors (Lipinski definition) is 0. The van der Waals surface area contributed by atoms with Crippen LogP contribution in [-0.2, 0) is 11.2 Å². The molecule has 1 aromatic rings. The normalized spacial score (nSPS) is 17.1. The minimum atomic E-state index is 0.431. The first-order valence-electron chi connectivity index (χ1n) is 6.95. The molecule has 1 saturated heterocycles. The molecule has 1 aliphatic rings. The maximum atomic E-state index is 11.2. The molecule has 0 saturated carbocycles. The number of hydrogen-bond acceptors (Lipinski definition) is 2. The second kappa shape index (κ2) is 6.14. The Morgan fingerprint density at radius 2 is 1.89 bits per heavy atom. The van der Waals surface area contributed by atoms with Crippen molar-refractivity contribution in [2.75, 3.05) is 19.6 Å². The van der Waals surface area contributed by atoms with Crippen LogP contribution in [0.2, 0.25) is 0 Å². The molecule has 0 N–H and O–H groups in total. The van der Waals surface area contributed by atoms with Crippen molar-refractivity contribution in [1.29, 1.82) is 0 Å². The second-order valence-corrected chi connectivity index (χ2v) is 5.41. The molecule has 2 nitrogen and oxygen atoms in total. The molecule has 0 aromatic heterocycles. The molecule has 98 valence electrons. The van der Waals surface area contributed by atoms with Crippen LogP contribution in [-0.4, -0.2) is 30.3 Å². The van der Waals surface area contributed by atoms with E-state index in [-0.39, 0.29) is 0 Å². The Hall–Kier alpha value is -1.15. The standard InChI is InChI=1S/C16H23NO/c1-13-5-6-14(2)15(12-13)4-3-9-17-10-7-16(18)8-11-17/h5-6,12H,3-4,7-11H2,1-2H3. The van der Waals surface area contributed by atoms with Gasteiger partial charge in [-0.05, 0) is 44.4 Å². The molecule has 1 aliphatic heterocycles. The molecule has 2 rings (SSSR count). The van der Waals surface area contributed by atoms with Crippen molar-refractivity contribution < 1.29 is 4.79 Å². The van der Waals surface area contributed by atoms with Gasteiger partial charge in [-0.1, -0.05) is 23.8 Å². The van der Waals surface area contributed by atoms with E-state index < -0.39 is 0 Å². The van der Waals surface area contributed by atoms with Gasteiger partial charge < -0.3 is 4.90 Å². The van der Waals surface area contributed by atoms with Crippen LogP contribution in [0.3, 0.4) is 0 Å². The summed E-state index contributed by atoms with van der Waals surface area (Å²) in [5.74, 6) is 0.431. The third kappa shape index (κ3) is 3.67. The van der Waals surface area contributed by atoms with E-state index in [0.29, 0.717) is 5.78 Å². The van der Waals surface area contributed by atoms with Gasteiger partial charge in [0.1, 0.15) is 5.78 Å². The summed E-state index contributed by atoms with van der Waals surface area (Å²) in [5, 5.41) is 0. The highest BCUT2D eigenvalue weighted by Gasteiger charge is 2.15. The lowest BCUT2D eigenvalue weighted by Gasteiger charge is -2.25. The molecule has 0 atom stereocenters. The van der Waals surface area contributed by atoms with E-state index in [1.165, 1.54) is 23.1 Å². The number of piperidine rings is 1. The summed E-state index contributed by atoms with van der Waals surface area (Å²) in [5.41, 5.74) is 4.22. The van der Waals surface area contributed by atoms with Gasteiger partial charge in [-0.25, -0.2) is 0 Å². The van der Waals surface area contributed by atoms with Gasteiger partial charge in [-0.3, -0.25) is 4.79 Å². The largest absolute Gasteiger partial charge is 0.302 e. The summed E-state index contributed by atoms with van der Waals surface area (Å²) < 4.78 is 0. The zero-order valence-electron chi connectivity index (χ0n) is 11.5. The summed E-state index contributed by atoms with van der Waals surface area (Å²) in [7, 11) is 0. The fourth-order valence-corrected chi connectivity index (χ4v) is 2.59. The Balaban J connectivity index is 1.78. The fraction of sp³-hybridized carbons (Fsp3) is 0.562. The number of carbonyl (C=O) groups excluding carboxylic acids is 1. The van der Waals surface area contributed by atoms with E-state index >= 15 is 0 Å². The molecular formula is C16H23NO. The van der Waals surface area contributed by atoms with Crippen LogP contribution in [0, 0.1) is 13.8 Å². The first-order chi connectivity index (χ1) is 8.65. The predicted molar refractivity (Wildman–Crippen MR) is 74.9 cm³/mol. The zero-order valence-corrected chi connectivity index (χ0v) is 11.5. The van der Waals surface area contributed by atoms with E-state index in [0.717, 1.165) is 38.9 Å². The molecule has 0 spiro atoms. The number of Topliss-reactive ketones (excluding diaryl/α,β-unsaturated/α-hetero) is 1. The predicted octanol–water partition coefficient (Wildman–Crippen LogP) is 2.90. The Kier molecular flexibility index (Phi) is 4.54. The lowest BCUT2D eigenvalue weighted by atomic mass is 10.0. The highest BCUT2D eigenvalue weighted by molar-refractivity contribution is 5.79. The molecule has 2 heteroatoms. The van der Waals surface area contributed by atoms with Crippen LogP contribution < -0.4 is 0 Å². The van der Waals surface area contributed by atoms with Crippen molar-refractivity contribution in [1.82, 2.24) is 4.90 Å². The van der Waals surface area contributed by atoms with Crippen molar-refractivity contribution in [2.45, 2.75) is 39.5 Å². The summed E-state index contributed by atoms with van der Waals surface area (Å²) in [4.78, 5) is 13.6. The minimum Gasteiger partial charge on any atom is -0.302 e. The highest BCUT2D eigenvalue weighted by atomic mass is 16.1. The number of carbonyl (C=O) groups is 1. The van der Waals surface area contributed by atoms with Crippen LogP contribution in [0.15, 0.2) is 18.2 Å². The van der Waals surface area contributed by atoms with Gasteiger partial charge in [-0.2, -0.15) is 0 Å². The first-order valence-corrected chi connectivity index (χ1v) is 6.95. The van der Waals surface area contributed by atoms with Gasteiger partial charge >= 0.3 is 0 Å². The number of ketones is 1. The molecule has 18 heavy (non-hydrogen) atoms. The van der Waals surface area contributed by atoms with Crippen LogP contribution in [0.25, 0.3) is 0 Å². The first kappa shape index (κ1) is 13.3. The van der Waals surface area contributed by atoms with Crippen molar-refractivity contribution >= 4 is 5.78 Å². The number of aryl methyl sites for hydroxylation is 3. The number of nitrogens with zero attached hydrogens (tertiary/aromatic N) is 1. The van der Waals surface area contributed by atoms with Crippen LogP contribution in [0.4, 0.5) is 0 Å². The van der Waals surface area contributed by atoms with Crippen LogP contribution >= 0.6 is 0 Å². The lowest BCUT2D eigenvalue weighted by Crippen LogP contribution is -2.34. The average Bonchev–Trinajstić information content (AvgIpc) is 2.36. The van der Waals surface area contributed by atoms with Gasteiger partial charge in [0.25, 0.3) is 0 Å². The topological polar surface area (TPSA) is 20.3 Å². The van der Waals surface area contributed by atoms with E-state index in [1.807, 2.05) is 0 Å². The smallest absolute Gasteiger partial charge is 0.135 e. The zero-order chi connectivity index (χ0) is 13.0. The molecule has 0 bridgehead atoms. The molecule has 1 heterocycles. The highest BCUT2D eigenvalue weighted by Crippen LogP contribution is 2.14. The molecular weight excluding hydrogens is 222 g/mol. The van der Waals surface area contributed by atoms with Gasteiger partial charge in [0.15, 0.2) is 0 Å². The van der Waals surface area contributed by atoms with Crippen LogP contribution in [0.1, 0.15) is 36.0 Å². The van der Waals surface area contributed by atoms with Gasteiger partial charge in [-0.15, -0.1) is 0 Å². The summed E-state index contributed by atoms with van der Waals surface area (Å²) in [6.45, 7) is 7.39. The number of likely N-dealkylation sites (tertiary alicyclic amines) is 1. The maximum Gasteiger partial charge on any atom is 0.135 e. The average molecular weight is 245 g/mol. The summed E-state index contributed by atoms with van der Waals surface area (Å²) in [6.07, 6.45) is 3.85. The minimum absolute atomic E-state index is 0.431. The third-order valence-electron chi connectivity index (χ3n) is 3.84. The molecule has 1 aromatic carbocycles. The SMILES string of the molecule is Cc1ccc(C)c(CCCN2CCC(=O)CC2)c1. The van der Waals surface area contributed by atoms with Gasteiger partial charge in [0.2, 0.25) is 0 Å². The monoisotopic (exact) mass is 245 g/mol. The number of benzene rings is 1. The molecule has 0 aliphatic carbocycles. The Morgan fingerprint density at radius 3 is 2.61 bits per heavy atom. The molecule has 0 amide bonds. The molecule has 1 fully saturated rings. The lowest BCUT2D eigenvalue weighted by molar-refractivity contribution is -0.121. The van der Waals surface area contributed by atoms with Gasteiger partial charge in [0.05, 0.1) is 0 Å². The molecule has 0 radical (unpaired) electrons. The van der Waals surface area contributed by atoms with Crippen molar-refractivity contribution in [3.8, 4) is 0 Å². The van der Waals surface area contributed by atoms with E-state index in [9.17, 15) is 4.79 Å². The Labute approximate surface area is 110 Å². The maximum absolute atomic E-state index is 11.2. The van der Waals surface area contributed by atoms with Crippen LogP contribution in [0.5, 0.6) is 0 Å². The number of rotatable bonds is 4. The van der Waals surface area contributed by atoms with Gasteiger partial charge in [0, 0.05) is 25.9 Å². The molecule has 0 unspecified atom stereocenters. The summed E-state index contributed by atoms with van der Waals surface area (Å²) >= 11 is 0. The Bertz CT molecular complexity index is 415. The third-order valence-corrected chi connectivity index (χ3v) is 3.84. The second-order valence-electron chi connectivity index (χ2n) is 5.41. The van der Waals surface area contributed by atoms with Crippen molar-refractivity contribution in [2.24, 2.45) is 0 Å². The summed E-state index contributed by atoms with van der Waals surface area (Å²) in [6, 6.07) is 6.69. The van der Waals surface area contributed by atoms with Crippen molar-refractivity contribution in [3.63, 3.8) is 0 Å². The Morgan fingerprint density at radius 1 is 1.17 bits per heavy atom. The fourth-order valence-electron chi connectivity index (χ4n) is 2.59. The van der Waals surface area contributed by atoms with E-state index in [2.05, 4.69) is 36.9 Å². The van der Waals surface area contributed by atoms with Crippen molar-refractivity contribution in [3.05, 3.63) is 34.9 Å². The quantitative estimate of drug-likeness (QED) is 0.813. The van der Waals surface area contributed by atoms with E-state index in [4.69, 9.17) is 0 Å².